The van der Waals surface area contributed by atoms with Gasteiger partial charge in [0, 0.05) is 17.3 Å². The van der Waals surface area contributed by atoms with E-state index in [1.165, 1.54) is 31.4 Å². The van der Waals surface area contributed by atoms with Gasteiger partial charge in [-0.05, 0) is 30.3 Å². The van der Waals surface area contributed by atoms with Gasteiger partial charge in [-0.2, -0.15) is 0 Å². The van der Waals surface area contributed by atoms with Crippen molar-refractivity contribution in [2.24, 2.45) is 10.9 Å². The number of rotatable bonds is 8. The second-order valence-corrected chi connectivity index (χ2v) is 8.10. The molecule has 0 heterocycles. The van der Waals surface area contributed by atoms with Crippen molar-refractivity contribution in [2.45, 2.75) is 9.79 Å². The van der Waals surface area contributed by atoms with Crippen molar-refractivity contribution in [1.82, 2.24) is 0 Å². The van der Waals surface area contributed by atoms with Crippen LogP contribution >= 0.6 is 11.8 Å². The molecule has 2 rings (SSSR count). The molecule has 0 aromatic heterocycles. The number of thioether (sulfide) groups is 1. The predicted molar refractivity (Wildman–Crippen MR) is 105 cm³/mol. The number of nitro benzene ring substituents is 1. The van der Waals surface area contributed by atoms with E-state index in [-0.39, 0.29) is 38.2 Å². The maximum Gasteiger partial charge on any atom is 0.283 e. The molecular weight excluding hydrogens is 424 g/mol. The topological polar surface area (TPSA) is 185 Å². The molecule has 0 fully saturated rings. The zero-order valence-corrected chi connectivity index (χ0v) is 16.6. The zero-order valence-electron chi connectivity index (χ0n) is 14.9. The third-order valence-electron chi connectivity index (χ3n) is 3.55. The second kappa shape index (κ2) is 8.89. The molecule has 0 aliphatic carbocycles. The van der Waals surface area contributed by atoms with Gasteiger partial charge in [0.25, 0.3) is 5.69 Å². The van der Waals surface area contributed by atoms with Crippen molar-refractivity contribution in [3.8, 4) is 5.75 Å². The molecule has 0 aliphatic heterocycles. The Morgan fingerprint density at radius 1 is 1.24 bits per heavy atom. The van der Waals surface area contributed by atoms with Crippen LogP contribution in [0, 0.1) is 10.1 Å². The van der Waals surface area contributed by atoms with Gasteiger partial charge in [-0.25, -0.2) is 13.6 Å². The van der Waals surface area contributed by atoms with Gasteiger partial charge in [0.05, 0.1) is 22.7 Å². The average molecular weight is 440 g/mol. The number of carbonyl (C=O) groups excluding carboxylic acids is 2. The molecule has 0 bridgehead atoms. The number of primary amides is 1. The first-order valence-electron chi connectivity index (χ1n) is 7.74. The van der Waals surface area contributed by atoms with E-state index in [0.717, 1.165) is 23.9 Å². The number of sulfonamides is 1. The summed E-state index contributed by atoms with van der Waals surface area (Å²) >= 11 is 0.867. The smallest absolute Gasteiger partial charge is 0.283 e. The zero-order chi connectivity index (χ0) is 21.8. The average Bonchev–Trinajstić information content (AvgIpc) is 2.65. The maximum atomic E-state index is 12.2. The monoisotopic (exact) mass is 440 g/mol. The summed E-state index contributed by atoms with van der Waals surface area (Å²) in [4.78, 5) is 33.7. The number of nitrogens with zero attached hydrogens (tertiary/aromatic N) is 1. The van der Waals surface area contributed by atoms with Crippen molar-refractivity contribution in [2.75, 3.05) is 18.2 Å². The Labute approximate surface area is 169 Å². The molecule has 0 saturated carbocycles. The van der Waals surface area contributed by atoms with Crippen LogP contribution in [0.4, 0.5) is 11.4 Å². The van der Waals surface area contributed by atoms with Crippen LogP contribution < -0.4 is 20.9 Å². The summed E-state index contributed by atoms with van der Waals surface area (Å²) in [5.41, 5.74) is 4.87. The maximum absolute atomic E-state index is 12.2. The summed E-state index contributed by atoms with van der Waals surface area (Å²) in [5, 5.41) is 18.8. The predicted octanol–water partition coefficient (Wildman–Crippen LogP) is 1.08. The number of nitrogens with two attached hydrogens (primary N) is 2. The number of methoxy groups -OCH3 is 1. The quantitative estimate of drug-likeness (QED) is 0.309. The summed E-state index contributed by atoms with van der Waals surface area (Å²) in [5.74, 6) is -1.56. The van der Waals surface area contributed by atoms with E-state index in [1.807, 2.05) is 0 Å². The number of primary sulfonamides is 1. The number of benzene rings is 2. The molecule has 29 heavy (non-hydrogen) atoms. The third-order valence-corrected chi connectivity index (χ3v) is 5.55. The molecule has 0 saturated heterocycles. The molecule has 2 aromatic rings. The summed E-state index contributed by atoms with van der Waals surface area (Å²) in [6.07, 6.45) is 0. The standard InChI is InChI=1S/C16H16N4O7S2/c1-27-12-4-3-10(7-14(12)29(18,25)26)19-15(21)8-28-13-5-2-9(16(17)22)6-11(13)20(23)24/h2-7H,8H2,1H3,(H2,17,22)(H,19,21)(H2,18,25,26). The molecule has 0 atom stereocenters. The van der Waals surface area contributed by atoms with Crippen LogP contribution in [-0.4, -0.2) is 38.0 Å². The van der Waals surface area contributed by atoms with Crippen LogP contribution in [0.2, 0.25) is 0 Å². The van der Waals surface area contributed by atoms with Crippen LogP contribution in [0.25, 0.3) is 0 Å². The molecule has 0 radical (unpaired) electrons. The first-order valence-corrected chi connectivity index (χ1v) is 10.3. The minimum absolute atomic E-state index is 0.0186. The van der Waals surface area contributed by atoms with Crippen molar-refractivity contribution in [3.63, 3.8) is 0 Å². The van der Waals surface area contributed by atoms with Gasteiger partial charge in [0.1, 0.15) is 10.6 Å². The Morgan fingerprint density at radius 2 is 1.93 bits per heavy atom. The Kier molecular flexibility index (Phi) is 6.79. The normalized spacial score (nSPS) is 11.0. The summed E-state index contributed by atoms with van der Waals surface area (Å²) < 4.78 is 28.2. The van der Waals surface area contributed by atoms with E-state index < -0.39 is 26.8 Å². The molecule has 0 unspecified atom stereocenters. The fourth-order valence-corrected chi connectivity index (χ4v) is 3.78. The minimum atomic E-state index is -4.08. The number of ether oxygens (including phenoxy) is 1. The molecule has 2 aromatic carbocycles. The Bertz CT molecular complexity index is 1090. The fourth-order valence-electron chi connectivity index (χ4n) is 2.25. The van der Waals surface area contributed by atoms with Crippen LogP contribution in [0.3, 0.4) is 0 Å². The lowest BCUT2D eigenvalue weighted by molar-refractivity contribution is -0.387. The molecule has 5 N–H and O–H groups in total. The lowest BCUT2D eigenvalue weighted by Gasteiger charge is -2.10. The van der Waals surface area contributed by atoms with Gasteiger partial charge in [-0.15, -0.1) is 11.8 Å². The highest BCUT2D eigenvalue weighted by Gasteiger charge is 2.19. The molecule has 0 aliphatic rings. The van der Waals surface area contributed by atoms with Gasteiger partial charge >= 0.3 is 0 Å². The lowest BCUT2D eigenvalue weighted by atomic mass is 10.2. The molecule has 2 amide bonds. The van der Waals surface area contributed by atoms with Crippen molar-refractivity contribution in [3.05, 3.63) is 52.1 Å². The van der Waals surface area contributed by atoms with Crippen molar-refractivity contribution >= 4 is 45.0 Å². The Hall–Kier alpha value is -3.16. The van der Waals surface area contributed by atoms with Crippen molar-refractivity contribution in [1.29, 1.82) is 0 Å². The fraction of sp³-hybridized carbons (Fsp3) is 0.125. The lowest BCUT2D eigenvalue weighted by Crippen LogP contribution is -2.17. The second-order valence-electron chi connectivity index (χ2n) is 5.55. The number of amides is 2. The number of hydrogen-bond donors (Lipinski definition) is 3. The largest absolute Gasteiger partial charge is 0.495 e. The van der Waals surface area contributed by atoms with Crippen LogP contribution in [-0.2, 0) is 14.8 Å². The number of nitrogens with one attached hydrogen (secondary N) is 1. The first kappa shape index (κ1) is 22.1. The summed E-state index contributed by atoms with van der Waals surface area (Å²) in [6.45, 7) is 0. The molecule has 154 valence electrons. The highest BCUT2D eigenvalue weighted by molar-refractivity contribution is 8.00. The summed E-state index contributed by atoms with van der Waals surface area (Å²) in [6, 6.07) is 7.56. The Morgan fingerprint density at radius 3 is 2.48 bits per heavy atom. The molecule has 11 nitrogen and oxygen atoms in total. The van der Waals surface area contributed by atoms with Gasteiger partial charge in [0.2, 0.25) is 21.8 Å². The summed E-state index contributed by atoms with van der Waals surface area (Å²) in [7, 11) is -2.81. The van der Waals surface area contributed by atoms with Crippen molar-refractivity contribution < 1.29 is 27.7 Å². The number of carbonyl (C=O) groups is 2. The number of anilines is 1. The third kappa shape index (κ3) is 5.66. The number of nitro groups is 1. The SMILES string of the molecule is COc1ccc(NC(=O)CSc2ccc(C(N)=O)cc2[N+](=O)[O-])cc1S(N)(=O)=O. The molecular formula is C16H16N4O7S2. The number of hydrogen-bond acceptors (Lipinski definition) is 8. The molecule has 0 spiro atoms. The van der Waals surface area contributed by atoms with E-state index in [9.17, 15) is 28.1 Å². The highest BCUT2D eigenvalue weighted by atomic mass is 32.2. The van der Waals surface area contributed by atoms with E-state index in [2.05, 4.69) is 5.32 Å². The molecule has 13 heteroatoms. The van der Waals surface area contributed by atoms with E-state index in [0.29, 0.717) is 0 Å². The Balaban J connectivity index is 2.15. The van der Waals surface area contributed by atoms with E-state index in [1.54, 1.807) is 0 Å². The van der Waals surface area contributed by atoms with Crippen LogP contribution in [0.5, 0.6) is 5.75 Å². The van der Waals surface area contributed by atoms with Gasteiger partial charge in [-0.1, -0.05) is 0 Å². The van der Waals surface area contributed by atoms with Crippen LogP contribution in [0.15, 0.2) is 46.2 Å². The van der Waals surface area contributed by atoms with E-state index >= 15 is 0 Å². The van der Waals surface area contributed by atoms with E-state index in [4.69, 9.17) is 15.6 Å². The van der Waals surface area contributed by atoms with Gasteiger partial charge in [0.15, 0.2) is 0 Å². The minimum Gasteiger partial charge on any atom is -0.495 e. The first-order chi connectivity index (χ1) is 13.5. The highest BCUT2D eigenvalue weighted by Crippen LogP contribution is 2.30. The van der Waals surface area contributed by atoms with Gasteiger partial charge in [-0.3, -0.25) is 19.7 Å². The van der Waals surface area contributed by atoms with Gasteiger partial charge < -0.3 is 15.8 Å². The van der Waals surface area contributed by atoms with Crippen LogP contribution in [0.1, 0.15) is 10.4 Å².